The lowest BCUT2D eigenvalue weighted by atomic mass is 10.0. The minimum atomic E-state index is -0.664. The van der Waals surface area contributed by atoms with Gasteiger partial charge in [0.2, 0.25) is 5.91 Å². The second kappa shape index (κ2) is 66.8. The molecular formula is C71H137NO5. The van der Waals surface area contributed by atoms with Gasteiger partial charge in [-0.25, -0.2) is 0 Å². The van der Waals surface area contributed by atoms with Gasteiger partial charge in [0.15, 0.2) is 0 Å². The summed E-state index contributed by atoms with van der Waals surface area (Å²) in [6.07, 6.45) is 83.7. The van der Waals surface area contributed by atoms with E-state index >= 15 is 0 Å². The summed E-state index contributed by atoms with van der Waals surface area (Å²) in [6.45, 7) is 4.98. The monoisotopic (exact) mass is 1080 g/mol. The summed E-state index contributed by atoms with van der Waals surface area (Å²) in [5.41, 5.74) is 0. The zero-order chi connectivity index (χ0) is 55.7. The number of hydrogen-bond donors (Lipinski definition) is 3. The molecule has 0 aliphatic heterocycles. The van der Waals surface area contributed by atoms with E-state index in [1.54, 1.807) is 0 Å². The molecule has 0 aliphatic rings. The van der Waals surface area contributed by atoms with E-state index < -0.39 is 12.1 Å². The third-order valence-corrected chi connectivity index (χ3v) is 16.5. The fourth-order valence-corrected chi connectivity index (χ4v) is 11.1. The lowest BCUT2D eigenvalue weighted by molar-refractivity contribution is -0.143. The Morgan fingerprint density at radius 1 is 0.351 bits per heavy atom. The van der Waals surface area contributed by atoms with Gasteiger partial charge in [-0.1, -0.05) is 327 Å². The van der Waals surface area contributed by atoms with Gasteiger partial charge in [-0.2, -0.15) is 0 Å². The van der Waals surface area contributed by atoms with Gasteiger partial charge >= 0.3 is 5.97 Å². The molecule has 0 aliphatic carbocycles. The Labute approximate surface area is 481 Å². The van der Waals surface area contributed by atoms with Crippen molar-refractivity contribution in [3.63, 3.8) is 0 Å². The largest absolute Gasteiger partial charge is 0.466 e. The Balaban J connectivity index is 3.37. The predicted octanol–water partition coefficient (Wildman–Crippen LogP) is 22.5. The highest BCUT2D eigenvalue weighted by atomic mass is 16.5. The van der Waals surface area contributed by atoms with Crippen molar-refractivity contribution < 1.29 is 24.5 Å². The summed E-state index contributed by atoms with van der Waals surface area (Å²) in [5, 5.41) is 23.3. The van der Waals surface area contributed by atoms with E-state index in [1.807, 2.05) is 0 Å². The van der Waals surface area contributed by atoms with Crippen molar-refractivity contribution in [2.24, 2.45) is 0 Å². The second-order valence-electron chi connectivity index (χ2n) is 24.2. The van der Waals surface area contributed by atoms with Crippen LogP contribution in [-0.2, 0) is 14.3 Å². The molecule has 0 saturated carbocycles. The average molecular weight is 1080 g/mol. The number of aliphatic hydroxyl groups is 2. The molecule has 6 heteroatoms. The summed E-state index contributed by atoms with van der Waals surface area (Å²) >= 11 is 0. The van der Waals surface area contributed by atoms with Gasteiger partial charge in [0, 0.05) is 12.8 Å². The lowest BCUT2D eigenvalue weighted by Gasteiger charge is -2.22. The molecule has 3 N–H and O–H groups in total. The molecule has 0 saturated heterocycles. The maximum Gasteiger partial charge on any atom is 0.305 e. The molecule has 2 atom stereocenters. The third kappa shape index (κ3) is 63.4. The summed E-state index contributed by atoms with van der Waals surface area (Å²) in [4.78, 5) is 24.6. The molecular weight excluding hydrogens is 947 g/mol. The average Bonchev–Trinajstić information content (AvgIpc) is 3.43. The first kappa shape index (κ1) is 75.3. The fourth-order valence-electron chi connectivity index (χ4n) is 11.1. The Bertz CT molecular complexity index is 1200. The zero-order valence-electron chi connectivity index (χ0n) is 52.2. The molecule has 1 amide bonds. The van der Waals surface area contributed by atoms with Crippen molar-refractivity contribution in [1.29, 1.82) is 0 Å². The van der Waals surface area contributed by atoms with Crippen LogP contribution in [0.4, 0.5) is 0 Å². The van der Waals surface area contributed by atoms with Crippen molar-refractivity contribution in [1.82, 2.24) is 5.32 Å². The molecule has 0 radical (unpaired) electrons. The smallest absolute Gasteiger partial charge is 0.305 e. The molecule has 0 fully saturated rings. The predicted molar refractivity (Wildman–Crippen MR) is 338 cm³/mol. The summed E-state index contributed by atoms with van der Waals surface area (Å²) in [5.74, 6) is -0.0227. The normalized spacial score (nSPS) is 12.6. The number of esters is 1. The number of carbonyl (C=O) groups excluding carboxylic acids is 2. The van der Waals surface area contributed by atoms with Gasteiger partial charge in [-0.05, 0) is 77.0 Å². The number of hydrogen-bond acceptors (Lipinski definition) is 5. The van der Waals surface area contributed by atoms with Gasteiger partial charge in [-0.15, -0.1) is 0 Å². The van der Waals surface area contributed by atoms with Gasteiger partial charge in [0.05, 0.1) is 25.4 Å². The second-order valence-corrected chi connectivity index (χ2v) is 24.2. The molecule has 0 rings (SSSR count). The molecule has 77 heavy (non-hydrogen) atoms. The highest BCUT2D eigenvalue weighted by Gasteiger charge is 2.20. The summed E-state index contributed by atoms with van der Waals surface area (Å²) in [7, 11) is 0. The molecule has 0 aromatic heterocycles. The van der Waals surface area contributed by atoms with Crippen LogP contribution >= 0.6 is 0 Å². The van der Waals surface area contributed by atoms with Crippen molar-refractivity contribution in [2.45, 2.75) is 405 Å². The highest BCUT2D eigenvalue weighted by molar-refractivity contribution is 5.76. The number of ether oxygens (including phenoxy) is 1. The Hall–Kier alpha value is -1.66. The van der Waals surface area contributed by atoms with Crippen LogP contribution in [0.15, 0.2) is 24.3 Å². The van der Waals surface area contributed by atoms with E-state index in [2.05, 4.69) is 43.5 Å². The van der Waals surface area contributed by atoms with Crippen LogP contribution in [0.1, 0.15) is 393 Å². The lowest BCUT2D eigenvalue weighted by Crippen LogP contribution is -2.45. The molecule has 2 unspecified atom stereocenters. The van der Waals surface area contributed by atoms with Crippen LogP contribution in [0, 0.1) is 0 Å². The van der Waals surface area contributed by atoms with Crippen molar-refractivity contribution in [2.75, 3.05) is 13.2 Å². The minimum absolute atomic E-state index is 0.00914. The van der Waals surface area contributed by atoms with Crippen LogP contribution in [0.2, 0.25) is 0 Å². The Morgan fingerprint density at radius 2 is 0.610 bits per heavy atom. The topological polar surface area (TPSA) is 95.9 Å². The van der Waals surface area contributed by atoms with Gasteiger partial charge in [-0.3, -0.25) is 9.59 Å². The van der Waals surface area contributed by atoms with Gasteiger partial charge in [0.1, 0.15) is 0 Å². The minimum Gasteiger partial charge on any atom is -0.466 e. The summed E-state index contributed by atoms with van der Waals surface area (Å²) < 4.78 is 5.49. The molecule has 0 spiro atoms. The first-order chi connectivity index (χ1) is 38.0. The van der Waals surface area contributed by atoms with E-state index in [1.165, 1.54) is 315 Å². The van der Waals surface area contributed by atoms with E-state index in [0.717, 1.165) is 44.9 Å². The van der Waals surface area contributed by atoms with Gasteiger partial charge < -0.3 is 20.3 Å². The Kier molecular flexibility index (Phi) is 65.4. The number of unbranched alkanes of at least 4 members (excludes halogenated alkanes) is 51. The molecule has 0 aromatic carbocycles. The maximum atomic E-state index is 12.5. The molecule has 0 bridgehead atoms. The maximum absolute atomic E-state index is 12.5. The van der Waals surface area contributed by atoms with E-state index in [4.69, 9.17) is 4.74 Å². The molecule has 6 nitrogen and oxygen atoms in total. The van der Waals surface area contributed by atoms with Crippen molar-refractivity contribution >= 4 is 11.9 Å². The van der Waals surface area contributed by atoms with E-state index in [0.29, 0.717) is 25.9 Å². The van der Waals surface area contributed by atoms with Crippen LogP contribution in [-0.4, -0.2) is 47.4 Å². The number of aliphatic hydroxyl groups excluding tert-OH is 2. The summed E-state index contributed by atoms with van der Waals surface area (Å²) in [6, 6.07) is -0.541. The van der Waals surface area contributed by atoms with Crippen LogP contribution < -0.4 is 5.32 Å². The Morgan fingerprint density at radius 3 is 0.922 bits per heavy atom. The van der Waals surface area contributed by atoms with Crippen LogP contribution in [0.25, 0.3) is 0 Å². The van der Waals surface area contributed by atoms with E-state index in [-0.39, 0.29) is 18.5 Å². The van der Waals surface area contributed by atoms with Crippen LogP contribution in [0.5, 0.6) is 0 Å². The zero-order valence-corrected chi connectivity index (χ0v) is 52.2. The quantitative estimate of drug-likeness (QED) is 0.0320. The number of amides is 1. The standard InChI is InChI=1S/C71H137NO5/c1-3-5-7-9-11-13-15-17-19-35-39-43-47-51-55-59-63-69(74)68(67-73)72-70(75)64-60-56-52-48-44-40-36-33-31-29-27-25-23-21-22-24-26-28-30-32-34-38-42-46-50-54-58-62-66-77-71(76)65-61-57-53-49-45-41-37-20-18-16-14-12-10-8-6-4-2/h20-22,37,68-69,73-74H,3-19,23-36,38-67H2,1-2H3,(H,72,75)/b22-21-,37-20-. The molecule has 456 valence electrons. The third-order valence-electron chi connectivity index (χ3n) is 16.5. The molecule has 0 aromatic rings. The highest BCUT2D eigenvalue weighted by Crippen LogP contribution is 2.19. The van der Waals surface area contributed by atoms with Crippen molar-refractivity contribution in [3.8, 4) is 0 Å². The van der Waals surface area contributed by atoms with Gasteiger partial charge in [0.25, 0.3) is 0 Å². The first-order valence-corrected chi connectivity index (χ1v) is 35.1. The SMILES string of the molecule is CCCCCCCCC/C=C\CCCCCCCC(=O)OCCCCCCCCCCCCCC/C=C\CCCCCCCCCCCCCCC(=O)NC(CO)C(O)CCCCCCCCCCCCCCCCCC. The molecule has 0 heterocycles. The first-order valence-electron chi connectivity index (χ1n) is 35.1. The fraction of sp³-hybridized carbons (Fsp3) is 0.915. The van der Waals surface area contributed by atoms with Crippen molar-refractivity contribution in [3.05, 3.63) is 24.3 Å². The van der Waals surface area contributed by atoms with Crippen LogP contribution in [0.3, 0.4) is 0 Å². The number of rotatable bonds is 66. The van der Waals surface area contributed by atoms with E-state index in [9.17, 15) is 19.8 Å². The number of nitrogens with one attached hydrogen (secondary N) is 1. The number of allylic oxidation sites excluding steroid dienone is 4. The number of carbonyl (C=O) groups is 2.